The smallest absolute Gasteiger partial charge is 0.148 e. The maximum Gasteiger partial charge on any atom is 0.148 e. The van der Waals surface area contributed by atoms with E-state index >= 15 is 0 Å². The average molecular weight is 331 g/mol. The van der Waals surface area contributed by atoms with Crippen molar-refractivity contribution in [3.05, 3.63) is 52.4 Å². The fraction of sp³-hybridized carbons (Fsp3) is 0.250. The van der Waals surface area contributed by atoms with E-state index in [-0.39, 0.29) is 6.04 Å². The molecule has 6 nitrogen and oxygen atoms in total. The zero-order valence-corrected chi connectivity index (χ0v) is 13.8. The Balaban J connectivity index is 1.96. The molecule has 0 fully saturated rings. The minimum Gasteiger partial charge on any atom is -0.359 e. The van der Waals surface area contributed by atoms with Crippen LogP contribution in [-0.4, -0.2) is 26.9 Å². The highest BCUT2D eigenvalue weighted by Crippen LogP contribution is 2.31. The van der Waals surface area contributed by atoms with E-state index in [1.807, 2.05) is 44.2 Å². The summed E-state index contributed by atoms with van der Waals surface area (Å²) in [6, 6.07) is 9.49. The lowest BCUT2D eigenvalue weighted by Crippen LogP contribution is -2.22. The van der Waals surface area contributed by atoms with Crippen molar-refractivity contribution in [2.24, 2.45) is 5.73 Å². The molecule has 0 bridgehead atoms. The number of aromatic amines is 2. The molecule has 0 amide bonds. The van der Waals surface area contributed by atoms with Crippen LogP contribution in [0.4, 0.5) is 5.82 Å². The molecule has 7 heteroatoms. The van der Waals surface area contributed by atoms with E-state index in [1.54, 1.807) is 0 Å². The van der Waals surface area contributed by atoms with Crippen molar-refractivity contribution in [3.8, 4) is 11.1 Å². The highest BCUT2D eigenvalue weighted by molar-refractivity contribution is 6.30. The van der Waals surface area contributed by atoms with E-state index in [9.17, 15) is 0 Å². The van der Waals surface area contributed by atoms with Crippen molar-refractivity contribution < 1.29 is 0 Å². The number of hydrogen-bond acceptors (Lipinski definition) is 4. The second kappa shape index (κ2) is 6.44. The average Bonchev–Trinajstić information content (AvgIpc) is 3.12. The van der Waals surface area contributed by atoms with Crippen LogP contribution in [0.25, 0.3) is 11.1 Å². The molecule has 1 atom stereocenters. The molecular weight excluding hydrogens is 312 g/mol. The number of rotatable bonds is 5. The van der Waals surface area contributed by atoms with E-state index in [1.165, 1.54) is 0 Å². The first kappa shape index (κ1) is 15.6. The first-order valence-corrected chi connectivity index (χ1v) is 7.75. The largest absolute Gasteiger partial charge is 0.359 e. The van der Waals surface area contributed by atoms with E-state index in [0.717, 1.165) is 34.0 Å². The van der Waals surface area contributed by atoms with Crippen molar-refractivity contribution >= 4 is 17.4 Å². The number of hydrogen-bond donors (Lipinski definition) is 4. The minimum atomic E-state index is -0.145. The first-order chi connectivity index (χ1) is 11.1. The van der Waals surface area contributed by atoms with Gasteiger partial charge >= 0.3 is 0 Å². The van der Waals surface area contributed by atoms with Crippen LogP contribution in [0, 0.1) is 13.8 Å². The van der Waals surface area contributed by atoms with Gasteiger partial charge in [-0.3, -0.25) is 10.2 Å². The summed E-state index contributed by atoms with van der Waals surface area (Å²) in [5, 5.41) is 18.6. The summed E-state index contributed by atoms with van der Waals surface area (Å²) < 4.78 is 0. The van der Waals surface area contributed by atoms with Crippen molar-refractivity contribution in [1.82, 2.24) is 20.4 Å². The van der Waals surface area contributed by atoms with Gasteiger partial charge in [0.15, 0.2) is 0 Å². The number of benzene rings is 1. The molecule has 0 spiro atoms. The van der Waals surface area contributed by atoms with Crippen LogP contribution in [-0.2, 0) is 0 Å². The normalized spacial score (nSPS) is 12.3. The lowest BCUT2D eigenvalue weighted by atomic mass is 9.99. The molecule has 23 heavy (non-hydrogen) atoms. The van der Waals surface area contributed by atoms with Crippen LogP contribution in [0.5, 0.6) is 0 Å². The van der Waals surface area contributed by atoms with Gasteiger partial charge in [-0.25, -0.2) is 0 Å². The molecule has 3 rings (SSSR count). The van der Waals surface area contributed by atoms with Gasteiger partial charge in [-0.05, 0) is 31.5 Å². The fourth-order valence-corrected chi connectivity index (χ4v) is 2.72. The van der Waals surface area contributed by atoms with E-state index in [4.69, 9.17) is 17.3 Å². The van der Waals surface area contributed by atoms with E-state index in [2.05, 4.69) is 25.7 Å². The molecular formula is C16H19ClN6. The number of aryl methyl sites for hydroxylation is 2. The van der Waals surface area contributed by atoms with Gasteiger partial charge in [0.25, 0.3) is 0 Å². The minimum absolute atomic E-state index is 0.145. The second-order valence-electron chi connectivity index (χ2n) is 5.48. The molecule has 0 aliphatic heterocycles. The standard InChI is InChI=1S/C16H19ClN6/c1-9-7-14(22-20-9)19-13(8-18)16-15(10(2)21-23-16)11-3-5-12(17)6-4-11/h3-7,13H,8,18H2,1-2H3,(H,21,23)(H2,19,20,22). The van der Waals surface area contributed by atoms with Gasteiger partial charge in [-0.1, -0.05) is 23.7 Å². The van der Waals surface area contributed by atoms with Crippen molar-refractivity contribution in [2.45, 2.75) is 19.9 Å². The Kier molecular flexibility index (Phi) is 4.36. The maximum absolute atomic E-state index is 5.98. The number of halogens is 1. The Morgan fingerprint density at radius 2 is 1.91 bits per heavy atom. The summed E-state index contributed by atoms with van der Waals surface area (Å²) in [5.74, 6) is 0.751. The summed E-state index contributed by atoms with van der Waals surface area (Å²) in [7, 11) is 0. The van der Waals surface area contributed by atoms with Crippen LogP contribution in [0.1, 0.15) is 23.1 Å². The summed E-state index contributed by atoms with van der Waals surface area (Å²) in [4.78, 5) is 0. The van der Waals surface area contributed by atoms with Gasteiger partial charge in [0.2, 0.25) is 0 Å². The van der Waals surface area contributed by atoms with Gasteiger partial charge in [-0.2, -0.15) is 10.2 Å². The molecule has 3 aromatic rings. The molecule has 0 saturated carbocycles. The van der Waals surface area contributed by atoms with Crippen molar-refractivity contribution in [1.29, 1.82) is 0 Å². The zero-order chi connectivity index (χ0) is 16.4. The number of nitrogens with one attached hydrogen (secondary N) is 3. The predicted octanol–water partition coefficient (Wildman–Crippen LogP) is 3.18. The van der Waals surface area contributed by atoms with Gasteiger partial charge in [-0.15, -0.1) is 0 Å². The van der Waals surface area contributed by atoms with Crippen molar-refractivity contribution in [2.75, 3.05) is 11.9 Å². The van der Waals surface area contributed by atoms with E-state index < -0.39 is 0 Å². The van der Waals surface area contributed by atoms with Crippen LogP contribution >= 0.6 is 11.6 Å². The van der Waals surface area contributed by atoms with Crippen LogP contribution in [0.3, 0.4) is 0 Å². The quantitative estimate of drug-likeness (QED) is 0.577. The lowest BCUT2D eigenvalue weighted by Gasteiger charge is -2.16. The molecule has 1 aromatic carbocycles. The third-order valence-electron chi connectivity index (χ3n) is 3.70. The molecule has 0 radical (unpaired) electrons. The summed E-state index contributed by atoms with van der Waals surface area (Å²) >= 11 is 5.98. The highest BCUT2D eigenvalue weighted by Gasteiger charge is 2.21. The van der Waals surface area contributed by atoms with Crippen molar-refractivity contribution in [3.63, 3.8) is 0 Å². The van der Waals surface area contributed by atoms with Crippen LogP contribution in [0.2, 0.25) is 5.02 Å². The Bertz CT molecular complexity index is 789. The molecule has 120 valence electrons. The molecule has 0 aliphatic carbocycles. The van der Waals surface area contributed by atoms with Crippen LogP contribution < -0.4 is 11.1 Å². The first-order valence-electron chi connectivity index (χ1n) is 7.38. The number of aromatic nitrogens is 4. The van der Waals surface area contributed by atoms with Gasteiger partial charge < -0.3 is 11.1 Å². The fourth-order valence-electron chi connectivity index (χ4n) is 2.59. The Morgan fingerprint density at radius 3 is 2.52 bits per heavy atom. The van der Waals surface area contributed by atoms with Crippen LogP contribution in [0.15, 0.2) is 30.3 Å². The Hall–Kier alpha value is -2.31. The van der Waals surface area contributed by atoms with Gasteiger partial charge in [0.05, 0.1) is 11.7 Å². The summed E-state index contributed by atoms with van der Waals surface area (Å²) in [6.07, 6.45) is 0. The molecule has 5 N–H and O–H groups in total. The maximum atomic E-state index is 5.98. The monoisotopic (exact) mass is 330 g/mol. The lowest BCUT2D eigenvalue weighted by molar-refractivity contribution is 0.749. The molecule has 0 aliphatic rings. The predicted molar refractivity (Wildman–Crippen MR) is 92.5 cm³/mol. The zero-order valence-electron chi connectivity index (χ0n) is 13.0. The summed E-state index contributed by atoms with van der Waals surface area (Å²) in [6.45, 7) is 4.34. The van der Waals surface area contributed by atoms with Gasteiger partial charge in [0, 0.05) is 34.6 Å². The number of nitrogens with zero attached hydrogens (tertiary/aromatic N) is 2. The summed E-state index contributed by atoms with van der Waals surface area (Å²) in [5.41, 5.74) is 10.9. The second-order valence-corrected chi connectivity index (χ2v) is 5.92. The molecule has 0 saturated heterocycles. The molecule has 2 heterocycles. The topological polar surface area (TPSA) is 95.4 Å². The third-order valence-corrected chi connectivity index (χ3v) is 3.95. The molecule has 1 unspecified atom stereocenters. The number of anilines is 1. The number of H-pyrrole nitrogens is 2. The highest BCUT2D eigenvalue weighted by atomic mass is 35.5. The van der Waals surface area contributed by atoms with Gasteiger partial charge in [0.1, 0.15) is 5.82 Å². The third kappa shape index (κ3) is 3.23. The SMILES string of the molecule is Cc1cc(NC(CN)c2n[nH]c(C)c2-c2ccc(Cl)cc2)n[nH]1. The Morgan fingerprint density at radius 1 is 1.17 bits per heavy atom. The Labute approximate surface area is 139 Å². The number of nitrogens with two attached hydrogens (primary N) is 1. The van der Waals surface area contributed by atoms with E-state index in [0.29, 0.717) is 11.6 Å². The molecule has 2 aromatic heterocycles.